The van der Waals surface area contributed by atoms with Crippen molar-refractivity contribution in [2.24, 2.45) is 5.92 Å². The van der Waals surface area contributed by atoms with Gasteiger partial charge in [-0.2, -0.15) is 0 Å². The SMILES string of the molecule is CCC(C)CN1CCO[C@H](CCCNC(C)C)C1.[HH]. The first-order valence-electron chi connectivity index (χ1n) is 7.69. The zero-order chi connectivity index (χ0) is 13.4. The van der Waals surface area contributed by atoms with Crippen molar-refractivity contribution in [2.75, 3.05) is 32.8 Å². The van der Waals surface area contributed by atoms with Crippen molar-refractivity contribution >= 4 is 0 Å². The maximum absolute atomic E-state index is 5.86. The Kier molecular flexibility index (Phi) is 7.87. The van der Waals surface area contributed by atoms with Gasteiger partial charge in [0.2, 0.25) is 0 Å². The Bertz CT molecular complexity index is 214. The Morgan fingerprint density at radius 2 is 2.17 bits per heavy atom. The van der Waals surface area contributed by atoms with E-state index in [0.717, 1.165) is 32.2 Å². The third kappa shape index (κ3) is 6.72. The standard InChI is InChI=1S/C15H32N2O.H2/c1-5-14(4)11-17-9-10-18-15(12-17)7-6-8-16-13(2)3;/h13-16H,5-12H2,1-4H3;1H/t14?,15-;/m1./s1. The lowest BCUT2D eigenvalue weighted by atomic mass is 10.1. The Balaban J connectivity index is 0.00000324. The van der Waals surface area contributed by atoms with Crippen molar-refractivity contribution in [3.63, 3.8) is 0 Å². The number of nitrogens with zero attached hydrogens (tertiary/aromatic N) is 1. The number of hydrogen-bond donors (Lipinski definition) is 1. The van der Waals surface area contributed by atoms with E-state index in [1.165, 1.54) is 25.8 Å². The van der Waals surface area contributed by atoms with Crippen molar-refractivity contribution in [3.05, 3.63) is 0 Å². The van der Waals surface area contributed by atoms with E-state index in [-0.39, 0.29) is 1.43 Å². The van der Waals surface area contributed by atoms with Gasteiger partial charge >= 0.3 is 0 Å². The van der Waals surface area contributed by atoms with Crippen LogP contribution < -0.4 is 5.32 Å². The maximum atomic E-state index is 5.86. The molecule has 1 unspecified atom stereocenters. The highest BCUT2D eigenvalue weighted by atomic mass is 16.5. The molecule has 1 N–H and O–H groups in total. The summed E-state index contributed by atoms with van der Waals surface area (Å²) in [4.78, 5) is 2.58. The first-order chi connectivity index (χ1) is 8.61. The smallest absolute Gasteiger partial charge is 0.0703 e. The van der Waals surface area contributed by atoms with Crippen LogP contribution >= 0.6 is 0 Å². The molecule has 1 heterocycles. The van der Waals surface area contributed by atoms with Gasteiger partial charge in [0.1, 0.15) is 0 Å². The van der Waals surface area contributed by atoms with Crippen molar-refractivity contribution < 1.29 is 6.16 Å². The minimum Gasteiger partial charge on any atom is -0.376 e. The van der Waals surface area contributed by atoms with Crippen LogP contribution in [0.25, 0.3) is 0 Å². The Labute approximate surface area is 115 Å². The molecule has 0 aliphatic carbocycles. The molecule has 0 aromatic heterocycles. The number of nitrogens with one attached hydrogen (secondary N) is 1. The summed E-state index contributed by atoms with van der Waals surface area (Å²) in [7, 11) is 0. The molecule has 2 atom stereocenters. The molecule has 0 saturated carbocycles. The molecule has 0 amide bonds. The topological polar surface area (TPSA) is 24.5 Å². The number of ether oxygens (including phenoxy) is 1. The lowest BCUT2D eigenvalue weighted by molar-refractivity contribution is -0.0364. The maximum Gasteiger partial charge on any atom is 0.0703 e. The fourth-order valence-electron chi connectivity index (χ4n) is 2.41. The van der Waals surface area contributed by atoms with E-state index in [1.54, 1.807) is 0 Å². The predicted octanol–water partition coefficient (Wildman–Crippen LogP) is 2.76. The van der Waals surface area contributed by atoms with E-state index >= 15 is 0 Å². The minimum absolute atomic E-state index is 0. The van der Waals surface area contributed by atoms with Crippen LogP contribution in [0.15, 0.2) is 0 Å². The van der Waals surface area contributed by atoms with Crippen molar-refractivity contribution in [1.29, 1.82) is 0 Å². The fourth-order valence-corrected chi connectivity index (χ4v) is 2.41. The van der Waals surface area contributed by atoms with Gasteiger partial charge in [0.25, 0.3) is 0 Å². The van der Waals surface area contributed by atoms with Gasteiger partial charge in [-0.05, 0) is 25.3 Å². The first kappa shape index (κ1) is 15.9. The second-order valence-corrected chi connectivity index (χ2v) is 6.02. The van der Waals surface area contributed by atoms with E-state index in [1.807, 2.05) is 0 Å². The third-order valence-corrected chi connectivity index (χ3v) is 3.75. The van der Waals surface area contributed by atoms with E-state index in [4.69, 9.17) is 4.74 Å². The lowest BCUT2D eigenvalue weighted by Crippen LogP contribution is -2.44. The van der Waals surface area contributed by atoms with Crippen molar-refractivity contribution in [1.82, 2.24) is 10.2 Å². The van der Waals surface area contributed by atoms with E-state index in [9.17, 15) is 0 Å². The average Bonchev–Trinajstić information content (AvgIpc) is 2.35. The molecule has 3 heteroatoms. The zero-order valence-corrected chi connectivity index (χ0v) is 12.7. The van der Waals surface area contributed by atoms with Gasteiger partial charge in [0.15, 0.2) is 0 Å². The number of hydrogen-bond acceptors (Lipinski definition) is 3. The van der Waals surface area contributed by atoms with Gasteiger partial charge in [0.05, 0.1) is 12.7 Å². The highest BCUT2D eigenvalue weighted by Crippen LogP contribution is 2.13. The van der Waals surface area contributed by atoms with Gasteiger partial charge in [0, 0.05) is 27.1 Å². The van der Waals surface area contributed by atoms with Crippen LogP contribution in [0.2, 0.25) is 0 Å². The summed E-state index contributed by atoms with van der Waals surface area (Å²) in [5.41, 5.74) is 0. The predicted molar refractivity (Wildman–Crippen MR) is 80.1 cm³/mol. The molecule has 0 spiro atoms. The summed E-state index contributed by atoms with van der Waals surface area (Å²) in [6, 6.07) is 0.596. The first-order valence-corrected chi connectivity index (χ1v) is 7.69. The van der Waals surface area contributed by atoms with E-state index in [2.05, 4.69) is 37.9 Å². The lowest BCUT2D eigenvalue weighted by Gasteiger charge is -2.34. The summed E-state index contributed by atoms with van der Waals surface area (Å²) in [5, 5.41) is 3.47. The highest BCUT2D eigenvalue weighted by Gasteiger charge is 2.20. The number of rotatable bonds is 8. The molecule has 1 saturated heterocycles. The molecule has 1 fully saturated rings. The van der Waals surface area contributed by atoms with Gasteiger partial charge in [-0.1, -0.05) is 34.1 Å². The highest BCUT2D eigenvalue weighted by molar-refractivity contribution is 4.73. The van der Waals surface area contributed by atoms with Crippen LogP contribution in [0.5, 0.6) is 0 Å². The minimum atomic E-state index is 0. The van der Waals surface area contributed by atoms with Crippen molar-refractivity contribution in [2.45, 2.75) is 59.1 Å². The molecular formula is C15H34N2O. The quantitative estimate of drug-likeness (QED) is 0.678. The molecule has 0 aromatic rings. The molecule has 0 radical (unpaired) electrons. The Morgan fingerprint density at radius 3 is 2.83 bits per heavy atom. The average molecular weight is 258 g/mol. The number of morpholine rings is 1. The summed E-state index contributed by atoms with van der Waals surface area (Å²) < 4.78 is 5.86. The molecule has 110 valence electrons. The summed E-state index contributed by atoms with van der Waals surface area (Å²) in [6.45, 7) is 14.5. The van der Waals surface area contributed by atoms with E-state index < -0.39 is 0 Å². The van der Waals surface area contributed by atoms with Crippen LogP contribution in [0.1, 0.15) is 48.4 Å². The molecule has 0 aromatic carbocycles. The Morgan fingerprint density at radius 1 is 1.39 bits per heavy atom. The van der Waals surface area contributed by atoms with Crippen LogP contribution in [0.4, 0.5) is 0 Å². The summed E-state index contributed by atoms with van der Waals surface area (Å²) in [6.07, 6.45) is 4.15. The third-order valence-electron chi connectivity index (χ3n) is 3.75. The molecular weight excluding hydrogens is 224 g/mol. The molecule has 1 aliphatic heterocycles. The van der Waals surface area contributed by atoms with Crippen molar-refractivity contribution in [3.8, 4) is 0 Å². The Hall–Kier alpha value is -0.120. The normalized spacial score (nSPS) is 23.5. The molecule has 3 nitrogen and oxygen atoms in total. The van der Waals surface area contributed by atoms with Crippen LogP contribution in [0, 0.1) is 5.92 Å². The summed E-state index contributed by atoms with van der Waals surface area (Å²) in [5.74, 6) is 0.811. The van der Waals surface area contributed by atoms with Crippen LogP contribution in [-0.4, -0.2) is 49.8 Å². The zero-order valence-electron chi connectivity index (χ0n) is 12.7. The van der Waals surface area contributed by atoms with E-state index in [0.29, 0.717) is 12.1 Å². The largest absolute Gasteiger partial charge is 0.376 e. The van der Waals surface area contributed by atoms with Gasteiger partial charge in [-0.3, -0.25) is 4.90 Å². The van der Waals surface area contributed by atoms with Gasteiger partial charge in [-0.25, -0.2) is 0 Å². The van der Waals surface area contributed by atoms with Gasteiger partial charge < -0.3 is 10.1 Å². The molecule has 1 rings (SSSR count). The van der Waals surface area contributed by atoms with Gasteiger partial charge in [-0.15, -0.1) is 0 Å². The second-order valence-electron chi connectivity index (χ2n) is 6.02. The molecule has 18 heavy (non-hydrogen) atoms. The molecule has 1 aliphatic rings. The monoisotopic (exact) mass is 258 g/mol. The van der Waals surface area contributed by atoms with Crippen LogP contribution in [-0.2, 0) is 4.74 Å². The summed E-state index contributed by atoms with van der Waals surface area (Å²) >= 11 is 0. The second kappa shape index (κ2) is 8.89. The molecule has 0 bridgehead atoms. The fraction of sp³-hybridized carbons (Fsp3) is 1.00. The van der Waals surface area contributed by atoms with Crippen LogP contribution in [0.3, 0.4) is 0 Å².